The molecule has 4 rings (SSSR count). The Hall–Kier alpha value is -3.82. The average Bonchev–Trinajstić information content (AvgIpc) is 3.13. The van der Waals surface area contributed by atoms with E-state index in [1.165, 1.54) is 12.1 Å². The van der Waals surface area contributed by atoms with E-state index in [-0.39, 0.29) is 23.6 Å². The first-order chi connectivity index (χ1) is 15.5. The molecule has 0 saturated carbocycles. The molecule has 7 nitrogen and oxygen atoms in total. The highest BCUT2D eigenvalue weighted by atomic mass is 19.4. The van der Waals surface area contributed by atoms with E-state index >= 15 is 0 Å². The SMILES string of the molecule is Cc1ccc(C)c(C2NC(=O)N(CC(=O)Nc3cccc(C(F)(F)F)c3)C3=C2C(=O)OC3)c1. The van der Waals surface area contributed by atoms with Gasteiger partial charge in [-0.05, 0) is 43.2 Å². The van der Waals surface area contributed by atoms with Crippen LogP contribution < -0.4 is 10.6 Å². The Morgan fingerprint density at radius 1 is 1.18 bits per heavy atom. The summed E-state index contributed by atoms with van der Waals surface area (Å²) in [5.74, 6) is -1.32. The molecule has 0 fully saturated rings. The summed E-state index contributed by atoms with van der Waals surface area (Å²) in [4.78, 5) is 39.0. The maximum absolute atomic E-state index is 12.9. The third-order valence-electron chi connectivity index (χ3n) is 5.52. The van der Waals surface area contributed by atoms with Crippen molar-refractivity contribution in [3.05, 3.63) is 76.0 Å². The van der Waals surface area contributed by atoms with Gasteiger partial charge >= 0.3 is 18.2 Å². The maximum atomic E-state index is 12.9. The summed E-state index contributed by atoms with van der Waals surface area (Å²) < 4.78 is 43.9. The average molecular weight is 459 g/mol. The van der Waals surface area contributed by atoms with Crippen LogP contribution in [0.25, 0.3) is 0 Å². The molecule has 0 aromatic heterocycles. The summed E-state index contributed by atoms with van der Waals surface area (Å²) in [6, 6.07) is 8.49. The Kier molecular flexibility index (Phi) is 5.61. The van der Waals surface area contributed by atoms with Crippen molar-refractivity contribution < 1.29 is 32.3 Å². The molecule has 2 heterocycles. The molecule has 2 aromatic rings. The van der Waals surface area contributed by atoms with Gasteiger partial charge in [0.25, 0.3) is 0 Å². The number of urea groups is 1. The minimum atomic E-state index is -4.56. The number of ether oxygens (including phenoxy) is 1. The fraction of sp³-hybridized carbons (Fsp3) is 0.261. The summed E-state index contributed by atoms with van der Waals surface area (Å²) in [5, 5.41) is 5.11. The largest absolute Gasteiger partial charge is 0.456 e. The lowest BCUT2D eigenvalue weighted by molar-refractivity contribution is -0.138. The van der Waals surface area contributed by atoms with Gasteiger partial charge < -0.3 is 15.4 Å². The van der Waals surface area contributed by atoms with Crippen LogP contribution in [0.1, 0.15) is 28.3 Å². The molecule has 172 valence electrons. The van der Waals surface area contributed by atoms with Crippen LogP contribution in [-0.2, 0) is 20.5 Å². The lowest BCUT2D eigenvalue weighted by Gasteiger charge is -2.33. The number of alkyl halides is 3. The number of hydrogen-bond acceptors (Lipinski definition) is 4. The van der Waals surface area contributed by atoms with Crippen molar-refractivity contribution in [1.82, 2.24) is 10.2 Å². The molecular weight excluding hydrogens is 439 g/mol. The normalized spacial score (nSPS) is 18.1. The van der Waals surface area contributed by atoms with Crippen molar-refractivity contribution in [2.24, 2.45) is 0 Å². The smallest absolute Gasteiger partial charge is 0.416 e. The van der Waals surface area contributed by atoms with Gasteiger partial charge in [-0.2, -0.15) is 13.2 Å². The first-order valence-corrected chi connectivity index (χ1v) is 10.1. The molecular formula is C23H20F3N3O4. The standard InChI is InChI=1S/C23H20F3N3O4/c1-12-6-7-13(2)16(8-12)20-19-17(11-33-21(19)31)29(22(32)28-20)10-18(30)27-15-5-3-4-14(9-15)23(24,25)26/h3-9,20H,10-11H2,1-2H3,(H,27,30)(H,28,32). The molecule has 0 bridgehead atoms. The first kappa shape index (κ1) is 22.4. The molecule has 0 radical (unpaired) electrons. The van der Waals surface area contributed by atoms with Crippen LogP contribution in [0.3, 0.4) is 0 Å². The summed E-state index contributed by atoms with van der Waals surface area (Å²) in [7, 11) is 0. The second-order valence-corrected chi connectivity index (χ2v) is 7.89. The van der Waals surface area contributed by atoms with E-state index in [9.17, 15) is 27.6 Å². The molecule has 3 amide bonds. The zero-order chi connectivity index (χ0) is 23.9. The lowest BCUT2D eigenvalue weighted by Crippen LogP contribution is -2.49. The molecule has 1 unspecified atom stereocenters. The number of aryl methyl sites for hydroxylation is 2. The number of anilines is 1. The quantitative estimate of drug-likeness (QED) is 0.681. The number of amides is 3. The molecule has 10 heteroatoms. The minimum absolute atomic E-state index is 0.0616. The predicted octanol–water partition coefficient (Wildman–Crippen LogP) is 3.84. The lowest BCUT2D eigenvalue weighted by atomic mass is 9.91. The molecule has 2 aliphatic rings. The van der Waals surface area contributed by atoms with Gasteiger partial charge in [0, 0.05) is 5.69 Å². The molecule has 2 N–H and O–H groups in total. The van der Waals surface area contributed by atoms with Crippen LogP contribution in [0.2, 0.25) is 0 Å². The zero-order valence-corrected chi connectivity index (χ0v) is 17.7. The van der Waals surface area contributed by atoms with Crippen molar-refractivity contribution in [3.63, 3.8) is 0 Å². The van der Waals surface area contributed by atoms with Crippen molar-refractivity contribution >= 4 is 23.6 Å². The molecule has 0 spiro atoms. The fourth-order valence-corrected chi connectivity index (χ4v) is 3.90. The van der Waals surface area contributed by atoms with Crippen molar-refractivity contribution in [3.8, 4) is 0 Å². The Balaban J connectivity index is 1.59. The second kappa shape index (κ2) is 8.27. The number of cyclic esters (lactones) is 1. The van der Waals surface area contributed by atoms with Crippen LogP contribution in [0.15, 0.2) is 53.7 Å². The number of hydrogen-bond donors (Lipinski definition) is 2. The first-order valence-electron chi connectivity index (χ1n) is 10.1. The fourth-order valence-electron chi connectivity index (χ4n) is 3.90. The third kappa shape index (κ3) is 4.41. The summed E-state index contributed by atoms with van der Waals surface area (Å²) in [6.07, 6.45) is -4.56. The number of nitrogens with zero attached hydrogens (tertiary/aromatic N) is 1. The van der Waals surface area contributed by atoms with Crippen LogP contribution >= 0.6 is 0 Å². The number of nitrogens with one attached hydrogen (secondary N) is 2. The molecule has 2 aliphatic heterocycles. The van der Waals surface area contributed by atoms with Crippen LogP contribution in [0.5, 0.6) is 0 Å². The second-order valence-electron chi connectivity index (χ2n) is 7.89. The van der Waals surface area contributed by atoms with Crippen LogP contribution in [-0.4, -0.2) is 36.0 Å². The Bertz CT molecular complexity index is 1190. The van der Waals surface area contributed by atoms with Crippen molar-refractivity contribution in [1.29, 1.82) is 0 Å². The monoisotopic (exact) mass is 459 g/mol. The van der Waals surface area contributed by atoms with Gasteiger partial charge in [0.15, 0.2) is 0 Å². The van der Waals surface area contributed by atoms with Gasteiger partial charge in [0.2, 0.25) is 5.91 Å². The zero-order valence-electron chi connectivity index (χ0n) is 17.7. The van der Waals surface area contributed by atoms with E-state index < -0.39 is 42.2 Å². The highest BCUT2D eigenvalue weighted by Gasteiger charge is 2.43. The van der Waals surface area contributed by atoms with E-state index in [2.05, 4.69) is 10.6 Å². The number of carbonyl (C=O) groups is 3. The molecule has 33 heavy (non-hydrogen) atoms. The van der Waals surface area contributed by atoms with Gasteiger partial charge in [-0.1, -0.05) is 29.8 Å². The van der Waals surface area contributed by atoms with Gasteiger partial charge in [0.05, 0.1) is 22.9 Å². The Morgan fingerprint density at radius 2 is 1.94 bits per heavy atom. The highest BCUT2D eigenvalue weighted by Crippen LogP contribution is 2.36. The number of esters is 1. The van der Waals surface area contributed by atoms with Crippen LogP contribution in [0, 0.1) is 13.8 Å². The predicted molar refractivity (Wildman–Crippen MR) is 112 cm³/mol. The molecule has 0 saturated heterocycles. The maximum Gasteiger partial charge on any atom is 0.416 e. The van der Waals surface area contributed by atoms with E-state index in [0.29, 0.717) is 0 Å². The highest BCUT2D eigenvalue weighted by molar-refractivity contribution is 6.00. The van der Waals surface area contributed by atoms with Gasteiger partial charge in [-0.3, -0.25) is 9.69 Å². The number of rotatable bonds is 4. The number of halogens is 3. The van der Waals surface area contributed by atoms with E-state index in [0.717, 1.165) is 33.7 Å². The Labute approximate surface area is 187 Å². The molecule has 1 atom stereocenters. The van der Waals surface area contributed by atoms with Crippen molar-refractivity contribution in [2.75, 3.05) is 18.5 Å². The summed E-state index contributed by atoms with van der Waals surface area (Å²) in [5.41, 5.74) is 2.07. The van der Waals surface area contributed by atoms with Gasteiger partial charge in [-0.25, -0.2) is 9.59 Å². The van der Waals surface area contributed by atoms with Gasteiger partial charge in [0.1, 0.15) is 13.2 Å². The number of carbonyl (C=O) groups excluding carboxylic acids is 3. The van der Waals surface area contributed by atoms with Gasteiger partial charge in [-0.15, -0.1) is 0 Å². The van der Waals surface area contributed by atoms with Crippen LogP contribution in [0.4, 0.5) is 23.7 Å². The summed E-state index contributed by atoms with van der Waals surface area (Å²) in [6.45, 7) is 3.06. The van der Waals surface area contributed by atoms with E-state index in [1.54, 1.807) is 0 Å². The molecule has 2 aromatic carbocycles. The topological polar surface area (TPSA) is 87.7 Å². The van der Waals surface area contributed by atoms with E-state index in [1.807, 2.05) is 32.0 Å². The van der Waals surface area contributed by atoms with Crippen molar-refractivity contribution in [2.45, 2.75) is 26.1 Å². The number of benzene rings is 2. The van der Waals surface area contributed by atoms with E-state index in [4.69, 9.17) is 4.74 Å². The summed E-state index contributed by atoms with van der Waals surface area (Å²) >= 11 is 0. The third-order valence-corrected chi connectivity index (χ3v) is 5.52. The Morgan fingerprint density at radius 3 is 2.67 bits per heavy atom. The minimum Gasteiger partial charge on any atom is -0.456 e. The molecule has 0 aliphatic carbocycles.